The van der Waals surface area contributed by atoms with Gasteiger partial charge in [0, 0.05) is 29.2 Å². The molecule has 3 aromatic rings. The molecule has 0 spiro atoms. The molecule has 6 nitrogen and oxygen atoms in total. The van der Waals surface area contributed by atoms with Gasteiger partial charge in [-0.05, 0) is 24.3 Å². The van der Waals surface area contributed by atoms with Gasteiger partial charge < -0.3 is 20.1 Å². The molecule has 1 aromatic heterocycles. The van der Waals surface area contributed by atoms with E-state index >= 15 is 0 Å². The molecule has 1 heterocycles. The van der Waals surface area contributed by atoms with Crippen LogP contribution in [0.5, 0.6) is 5.75 Å². The van der Waals surface area contributed by atoms with Crippen molar-refractivity contribution in [3.63, 3.8) is 0 Å². The molecule has 26 heavy (non-hydrogen) atoms. The maximum atomic E-state index is 12.3. The van der Waals surface area contributed by atoms with E-state index in [1.165, 1.54) is 0 Å². The third-order valence-electron chi connectivity index (χ3n) is 3.84. The molecular weight excluding hydrogens is 354 g/mol. The molecule has 0 bridgehead atoms. The van der Waals surface area contributed by atoms with Crippen molar-refractivity contribution >= 4 is 28.2 Å². The van der Waals surface area contributed by atoms with Crippen LogP contribution in [-0.4, -0.2) is 23.3 Å². The minimum Gasteiger partial charge on any atom is -0.490 e. The van der Waals surface area contributed by atoms with E-state index in [-0.39, 0.29) is 18.8 Å². The molecular formula is C19H16ClN3O3. The van der Waals surface area contributed by atoms with Gasteiger partial charge in [0.05, 0.1) is 22.7 Å². The number of nitriles is 1. The first-order valence-electron chi connectivity index (χ1n) is 7.94. The van der Waals surface area contributed by atoms with Crippen LogP contribution < -0.4 is 15.6 Å². The molecule has 3 N–H and O–H groups in total. The van der Waals surface area contributed by atoms with Crippen LogP contribution in [0.1, 0.15) is 11.1 Å². The Morgan fingerprint density at radius 2 is 2.12 bits per heavy atom. The highest BCUT2D eigenvalue weighted by molar-refractivity contribution is 6.35. The third kappa shape index (κ3) is 3.80. The predicted molar refractivity (Wildman–Crippen MR) is 101 cm³/mol. The fourth-order valence-electron chi connectivity index (χ4n) is 2.57. The Balaban J connectivity index is 1.83. The fraction of sp³-hybridized carbons (Fsp3) is 0.158. The number of ether oxygens (including phenoxy) is 1. The molecule has 0 aliphatic heterocycles. The Hall–Kier alpha value is -3.01. The molecule has 7 heteroatoms. The Labute approximate surface area is 154 Å². The largest absolute Gasteiger partial charge is 0.490 e. The van der Waals surface area contributed by atoms with Crippen molar-refractivity contribution in [3.05, 3.63) is 69.0 Å². The number of rotatable bonds is 6. The van der Waals surface area contributed by atoms with Crippen LogP contribution in [-0.2, 0) is 6.54 Å². The fourth-order valence-corrected chi connectivity index (χ4v) is 2.80. The summed E-state index contributed by atoms with van der Waals surface area (Å²) in [5, 5.41) is 22.5. The van der Waals surface area contributed by atoms with Crippen molar-refractivity contribution in [2.45, 2.75) is 6.54 Å². The number of hydrogen-bond acceptors (Lipinski definition) is 5. The van der Waals surface area contributed by atoms with Crippen molar-refractivity contribution in [2.75, 3.05) is 18.5 Å². The monoisotopic (exact) mass is 369 g/mol. The molecule has 0 saturated carbocycles. The topological polar surface area (TPSA) is 98.1 Å². The van der Waals surface area contributed by atoms with E-state index in [2.05, 4.69) is 10.3 Å². The lowest BCUT2D eigenvalue weighted by Crippen LogP contribution is -2.15. The number of hydrogen-bond donors (Lipinski definition) is 3. The van der Waals surface area contributed by atoms with Gasteiger partial charge in [-0.3, -0.25) is 4.79 Å². The number of aliphatic hydroxyl groups is 1. The van der Waals surface area contributed by atoms with Crippen LogP contribution >= 0.6 is 11.6 Å². The number of para-hydroxylation sites is 1. The quantitative estimate of drug-likeness (QED) is 0.620. The summed E-state index contributed by atoms with van der Waals surface area (Å²) in [6.45, 7) is 0.254. The van der Waals surface area contributed by atoms with Gasteiger partial charge >= 0.3 is 0 Å². The van der Waals surface area contributed by atoms with Gasteiger partial charge in [0.2, 0.25) is 0 Å². The SMILES string of the molecule is N#Cc1ccc(NCc2cc3cccc(Cl)c3[nH]c2=O)cc1OCCO. The predicted octanol–water partition coefficient (Wildman–Crippen LogP) is 3.04. The van der Waals surface area contributed by atoms with E-state index in [9.17, 15) is 4.79 Å². The van der Waals surface area contributed by atoms with E-state index in [0.29, 0.717) is 39.6 Å². The Morgan fingerprint density at radius 3 is 2.88 bits per heavy atom. The number of H-pyrrole nitrogens is 1. The van der Waals surface area contributed by atoms with Gasteiger partial charge in [-0.15, -0.1) is 0 Å². The van der Waals surface area contributed by atoms with Crippen LogP contribution in [0.2, 0.25) is 5.02 Å². The molecule has 0 saturated heterocycles. The first kappa shape index (κ1) is 17.8. The number of benzene rings is 2. The smallest absolute Gasteiger partial charge is 0.253 e. The average Bonchev–Trinajstić information content (AvgIpc) is 2.65. The van der Waals surface area contributed by atoms with Crippen molar-refractivity contribution in [2.24, 2.45) is 0 Å². The summed E-state index contributed by atoms with van der Waals surface area (Å²) in [6.07, 6.45) is 0. The van der Waals surface area contributed by atoms with Gasteiger partial charge in [-0.2, -0.15) is 5.26 Å². The highest BCUT2D eigenvalue weighted by atomic mass is 35.5. The number of aromatic nitrogens is 1. The van der Waals surface area contributed by atoms with Crippen LogP contribution in [0.25, 0.3) is 10.9 Å². The summed E-state index contributed by atoms with van der Waals surface area (Å²) in [4.78, 5) is 15.1. The van der Waals surface area contributed by atoms with E-state index in [1.54, 1.807) is 30.3 Å². The second-order valence-electron chi connectivity index (χ2n) is 5.58. The number of anilines is 1. The summed E-state index contributed by atoms with van der Waals surface area (Å²) in [6, 6.07) is 14.3. The molecule has 132 valence electrons. The Bertz CT molecular complexity index is 1040. The van der Waals surface area contributed by atoms with Crippen LogP contribution in [0.4, 0.5) is 5.69 Å². The summed E-state index contributed by atoms with van der Waals surface area (Å²) < 4.78 is 5.37. The number of fused-ring (bicyclic) bond motifs is 1. The van der Waals surface area contributed by atoms with Crippen molar-refractivity contribution in [1.82, 2.24) is 4.98 Å². The van der Waals surface area contributed by atoms with Gasteiger partial charge in [-0.25, -0.2) is 0 Å². The molecule has 0 radical (unpaired) electrons. The lowest BCUT2D eigenvalue weighted by atomic mass is 10.1. The van der Waals surface area contributed by atoms with Gasteiger partial charge in [0.25, 0.3) is 5.56 Å². The normalized spacial score (nSPS) is 10.5. The van der Waals surface area contributed by atoms with Gasteiger partial charge in [0.15, 0.2) is 0 Å². The zero-order valence-electron chi connectivity index (χ0n) is 13.8. The molecule has 3 rings (SSSR count). The second kappa shape index (κ2) is 7.91. The summed E-state index contributed by atoms with van der Waals surface area (Å²) in [5.74, 6) is 0.380. The number of pyridine rings is 1. The standard InChI is InChI=1S/C19H16ClN3O3/c20-16-3-1-2-12-8-14(19(25)23-18(12)16)11-22-15-5-4-13(10-21)17(9-15)26-7-6-24/h1-5,8-9,22,24H,6-7,11H2,(H,23,25). The number of aromatic amines is 1. The highest BCUT2D eigenvalue weighted by Gasteiger charge is 2.08. The Morgan fingerprint density at radius 1 is 1.27 bits per heavy atom. The molecule has 0 aliphatic carbocycles. The zero-order chi connectivity index (χ0) is 18.5. The molecule has 0 unspecified atom stereocenters. The lowest BCUT2D eigenvalue weighted by molar-refractivity contribution is 0.201. The number of nitrogens with zero attached hydrogens (tertiary/aromatic N) is 1. The lowest BCUT2D eigenvalue weighted by Gasteiger charge is -2.11. The van der Waals surface area contributed by atoms with E-state index in [1.807, 2.05) is 18.2 Å². The van der Waals surface area contributed by atoms with Crippen molar-refractivity contribution in [1.29, 1.82) is 5.26 Å². The van der Waals surface area contributed by atoms with Gasteiger partial charge in [0.1, 0.15) is 18.4 Å². The molecule has 0 fully saturated rings. The van der Waals surface area contributed by atoms with E-state index < -0.39 is 0 Å². The Kier molecular flexibility index (Phi) is 5.42. The summed E-state index contributed by atoms with van der Waals surface area (Å²) in [7, 11) is 0. The molecule has 0 atom stereocenters. The number of halogens is 1. The van der Waals surface area contributed by atoms with Crippen LogP contribution in [0.15, 0.2) is 47.3 Å². The number of aliphatic hydroxyl groups excluding tert-OH is 1. The highest BCUT2D eigenvalue weighted by Crippen LogP contribution is 2.24. The molecule has 2 aromatic carbocycles. The minimum absolute atomic E-state index is 0.100. The molecule has 0 aliphatic rings. The van der Waals surface area contributed by atoms with E-state index in [4.69, 9.17) is 26.7 Å². The minimum atomic E-state index is -0.219. The zero-order valence-corrected chi connectivity index (χ0v) is 14.5. The second-order valence-corrected chi connectivity index (χ2v) is 5.98. The maximum absolute atomic E-state index is 12.3. The van der Waals surface area contributed by atoms with E-state index in [0.717, 1.165) is 5.39 Å². The first-order chi connectivity index (χ1) is 12.6. The van der Waals surface area contributed by atoms with Crippen LogP contribution in [0.3, 0.4) is 0 Å². The van der Waals surface area contributed by atoms with Crippen LogP contribution in [0, 0.1) is 11.3 Å². The molecule has 0 amide bonds. The number of nitrogens with one attached hydrogen (secondary N) is 2. The summed E-state index contributed by atoms with van der Waals surface area (Å²) >= 11 is 6.10. The first-order valence-corrected chi connectivity index (χ1v) is 8.32. The van der Waals surface area contributed by atoms with Crippen molar-refractivity contribution < 1.29 is 9.84 Å². The van der Waals surface area contributed by atoms with Gasteiger partial charge in [-0.1, -0.05) is 23.7 Å². The van der Waals surface area contributed by atoms with Crippen molar-refractivity contribution in [3.8, 4) is 11.8 Å². The maximum Gasteiger partial charge on any atom is 0.253 e. The average molecular weight is 370 g/mol. The third-order valence-corrected chi connectivity index (χ3v) is 4.15. The summed E-state index contributed by atoms with van der Waals surface area (Å²) in [5.41, 5.74) is 2.02.